The van der Waals surface area contributed by atoms with Crippen molar-refractivity contribution in [1.29, 1.82) is 5.26 Å². The van der Waals surface area contributed by atoms with Crippen molar-refractivity contribution in [2.24, 2.45) is 11.8 Å². The number of benzene rings is 1. The fraction of sp³-hybridized carbons (Fsp3) is 0.542. The van der Waals surface area contributed by atoms with E-state index in [0.717, 1.165) is 29.5 Å². The molecule has 1 aliphatic carbocycles. The summed E-state index contributed by atoms with van der Waals surface area (Å²) in [6.07, 6.45) is 16.8. The molecule has 142 valence electrons. The summed E-state index contributed by atoms with van der Waals surface area (Å²) in [5.41, 5.74) is 3.71. The summed E-state index contributed by atoms with van der Waals surface area (Å²) in [5, 5.41) is 9.41. The lowest BCUT2D eigenvalue weighted by Crippen LogP contribution is -2.15. The van der Waals surface area contributed by atoms with E-state index >= 15 is 0 Å². The van der Waals surface area contributed by atoms with Crippen molar-refractivity contribution in [3.05, 3.63) is 47.9 Å². The average molecular weight is 362 g/mol. The van der Waals surface area contributed by atoms with Crippen LogP contribution in [-0.4, -0.2) is 9.97 Å². The first-order chi connectivity index (χ1) is 13.3. The smallest absolute Gasteiger partial charge is 0.116 e. The van der Waals surface area contributed by atoms with Crippen LogP contribution in [-0.2, 0) is 6.42 Å². The number of rotatable bonds is 8. The summed E-state index contributed by atoms with van der Waals surface area (Å²) < 4.78 is 0. The Bertz CT molecular complexity index is 754. The van der Waals surface area contributed by atoms with Crippen LogP contribution in [0.1, 0.15) is 75.8 Å². The predicted molar refractivity (Wildman–Crippen MR) is 110 cm³/mol. The number of unbranched alkanes of at least 4 members (excludes halogenated alkanes) is 2. The molecule has 1 aromatic carbocycles. The second-order valence-electron chi connectivity index (χ2n) is 7.98. The minimum absolute atomic E-state index is 0.685. The van der Waals surface area contributed by atoms with E-state index < -0.39 is 0 Å². The minimum atomic E-state index is 0.685. The molecule has 0 amide bonds. The van der Waals surface area contributed by atoms with E-state index in [2.05, 4.69) is 23.0 Å². The van der Waals surface area contributed by atoms with E-state index in [9.17, 15) is 5.26 Å². The molecule has 3 nitrogen and oxygen atoms in total. The minimum Gasteiger partial charge on any atom is -0.244 e. The monoisotopic (exact) mass is 361 g/mol. The number of aromatic nitrogens is 2. The van der Waals surface area contributed by atoms with Crippen molar-refractivity contribution in [3.63, 3.8) is 0 Å². The molecule has 0 saturated heterocycles. The molecular weight excluding hydrogens is 330 g/mol. The maximum Gasteiger partial charge on any atom is 0.116 e. The van der Waals surface area contributed by atoms with Gasteiger partial charge in [-0.1, -0.05) is 76.5 Å². The molecule has 1 fully saturated rings. The van der Waals surface area contributed by atoms with E-state index in [1.165, 1.54) is 63.4 Å². The second-order valence-corrected chi connectivity index (χ2v) is 7.98. The quantitative estimate of drug-likeness (QED) is 0.516. The summed E-state index contributed by atoms with van der Waals surface area (Å²) in [6.45, 7) is 2.29. The van der Waals surface area contributed by atoms with Crippen LogP contribution in [0, 0.1) is 23.2 Å². The van der Waals surface area contributed by atoms with E-state index in [-0.39, 0.29) is 0 Å². The number of aryl methyl sites for hydroxylation is 1. The van der Waals surface area contributed by atoms with Gasteiger partial charge >= 0.3 is 0 Å². The molecule has 2 aromatic rings. The van der Waals surface area contributed by atoms with Gasteiger partial charge in [0.25, 0.3) is 0 Å². The number of nitriles is 1. The third kappa shape index (κ3) is 5.39. The largest absolute Gasteiger partial charge is 0.244 e. The Labute approximate surface area is 163 Å². The van der Waals surface area contributed by atoms with Gasteiger partial charge in [-0.25, -0.2) is 9.97 Å². The first kappa shape index (κ1) is 19.5. The van der Waals surface area contributed by atoms with Crippen molar-refractivity contribution >= 4 is 0 Å². The Morgan fingerprint density at radius 1 is 1.04 bits per heavy atom. The summed E-state index contributed by atoms with van der Waals surface area (Å²) in [7, 11) is 0. The van der Waals surface area contributed by atoms with Gasteiger partial charge in [0.1, 0.15) is 6.33 Å². The Morgan fingerprint density at radius 2 is 1.78 bits per heavy atom. The van der Waals surface area contributed by atoms with Gasteiger partial charge in [0.05, 0.1) is 17.3 Å². The molecule has 0 radical (unpaired) electrons. The molecule has 3 heteroatoms. The van der Waals surface area contributed by atoms with Crippen LogP contribution in [0.4, 0.5) is 0 Å². The van der Waals surface area contributed by atoms with Crippen LogP contribution in [0.15, 0.2) is 36.8 Å². The van der Waals surface area contributed by atoms with Crippen LogP contribution in [0.25, 0.3) is 11.3 Å². The zero-order valence-electron chi connectivity index (χ0n) is 16.5. The van der Waals surface area contributed by atoms with E-state index in [1.807, 2.05) is 30.5 Å². The number of nitrogens with zero attached hydrogens (tertiary/aromatic N) is 3. The first-order valence-corrected chi connectivity index (χ1v) is 10.6. The fourth-order valence-corrected chi connectivity index (χ4v) is 4.42. The van der Waals surface area contributed by atoms with Gasteiger partial charge in [0.2, 0.25) is 0 Å². The SMILES string of the molecule is CCCCCC1CCC(CCc2cncnc2-c2ccccc2C#N)CC1. The Morgan fingerprint density at radius 3 is 2.52 bits per heavy atom. The molecule has 0 spiro atoms. The van der Waals surface area contributed by atoms with Crippen LogP contribution in [0.3, 0.4) is 0 Å². The van der Waals surface area contributed by atoms with Gasteiger partial charge < -0.3 is 0 Å². The standard InChI is InChI=1S/C24H31N3/c1-2-3-4-7-19-10-12-20(13-11-19)14-15-22-17-26-18-27-24(22)23-9-6-5-8-21(23)16-25/h5-6,8-9,17-20H,2-4,7,10-15H2,1H3. The van der Waals surface area contributed by atoms with Crippen LogP contribution >= 0.6 is 0 Å². The topological polar surface area (TPSA) is 49.6 Å². The van der Waals surface area contributed by atoms with Gasteiger partial charge in [-0.05, 0) is 36.3 Å². The molecule has 0 unspecified atom stereocenters. The molecule has 0 aliphatic heterocycles. The van der Waals surface area contributed by atoms with Crippen molar-refractivity contribution in [3.8, 4) is 17.3 Å². The zero-order chi connectivity index (χ0) is 18.9. The molecule has 3 rings (SSSR count). The second kappa shape index (κ2) is 10.2. The number of hydrogen-bond acceptors (Lipinski definition) is 3. The van der Waals surface area contributed by atoms with E-state index in [4.69, 9.17) is 0 Å². The highest BCUT2D eigenvalue weighted by molar-refractivity contribution is 5.69. The highest BCUT2D eigenvalue weighted by Crippen LogP contribution is 2.35. The summed E-state index contributed by atoms with van der Waals surface area (Å²) in [6, 6.07) is 10.0. The van der Waals surface area contributed by atoms with Crippen molar-refractivity contribution in [2.45, 2.75) is 71.1 Å². The molecular formula is C24H31N3. The molecule has 0 N–H and O–H groups in total. The van der Waals surface area contributed by atoms with Crippen LogP contribution < -0.4 is 0 Å². The summed E-state index contributed by atoms with van der Waals surface area (Å²) in [4.78, 5) is 8.76. The summed E-state index contributed by atoms with van der Waals surface area (Å²) >= 11 is 0. The zero-order valence-corrected chi connectivity index (χ0v) is 16.5. The average Bonchev–Trinajstić information content (AvgIpc) is 2.73. The van der Waals surface area contributed by atoms with Crippen LogP contribution in [0.2, 0.25) is 0 Å². The lowest BCUT2D eigenvalue weighted by atomic mass is 9.77. The Kier molecular flexibility index (Phi) is 7.39. The molecule has 1 aliphatic rings. The van der Waals surface area contributed by atoms with Gasteiger partial charge in [-0.15, -0.1) is 0 Å². The predicted octanol–water partition coefficient (Wildman–Crippen LogP) is 6.33. The van der Waals surface area contributed by atoms with E-state index in [0.29, 0.717) is 5.56 Å². The van der Waals surface area contributed by atoms with Gasteiger partial charge in [-0.2, -0.15) is 5.26 Å². The van der Waals surface area contributed by atoms with E-state index in [1.54, 1.807) is 6.33 Å². The van der Waals surface area contributed by atoms with Gasteiger partial charge in [0, 0.05) is 11.8 Å². The highest BCUT2D eigenvalue weighted by Gasteiger charge is 2.21. The molecule has 27 heavy (non-hydrogen) atoms. The molecule has 1 saturated carbocycles. The Balaban J connectivity index is 1.58. The lowest BCUT2D eigenvalue weighted by Gasteiger charge is -2.28. The normalized spacial score (nSPS) is 19.6. The molecule has 0 bridgehead atoms. The third-order valence-corrected chi connectivity index (χ3v) is 6.09. The Hall–Kier alpha value is -2.21. The van der Waals surface area contributed by atoms with Gasteiger partial charge in [0.15, 0.2) is 0 Å². The molecule has 1 heterocycles. The van der Waals surface area contributed by atoms with Crippen molar-refractivity contribution in [2.75, 3.05) is 0 Å². The van der Waals surface area contributed by atoms with Crippen molar-refractivity contribution in [1.82, 2.24) is 9.97 Å². The maximum absolute atomic E-state index is 9.41. The third-order valence-electron chi connectivity index (χ3n) is 6.09. The molecule has 0 atom stereocenters. The number of hydrogen-bond donors (Lipinski definition) is 0. The van der Waals surface area contributed by atoms with Crippen molar-refractivity contribution < 1.29 is 0 Å². The molecule has 1 aromatic heterocycles. The van der Waals surface area contributed by atoms with Gasteiger partial charge in [-0.3, -0.25) is 0 Å². The fourth-order valence-electron chi connectivity index (χ4n) is 4.42. The first-order valence-electron chi connectivity index (χ1n) is 10.6. The maximum atomic E-state index is 9.41. The highest BCUT2D eigenvalue weighted by atomic mass is 14.8. The lowest BCUT2D eigenvalue weighted by molar-refractivity contribution is 0.249. The van der Waals surface area contributed by atoms with Crippen LogP contribution in [0.5, 0.6) is 0 Å². The summed E-state index contributed by atoms with van der Waals surface area (Å²) in [5.74, 6) is 1.79.